The molecule has 4 nitrogen and oxygen atoms in total. The first-order chi connectivity index (χ1) is 8.66. The third kappa shape index (κ3) is 3.23. The molecule has 1 aliphatic rings. The van der Waals surface area contributed by atoms with Crippen LogP contribution in [-0.4, -0.2) is 36.8 Å². The maximum absolute atomic E-state index is 11.0. The molecule has 0 radical (unpaired) electrons. The number of hydrogen-bond acceptors (Lipinski definition) is 3. The lowest BCUT2D eigenvalue weighted by molar-refractivity contribution is -0.137. The van der Waals surface area contributed by atoms with E-state index in [0.717, 1.165) is 31.7 Å². The zero-order chi connectivity index (χ0) is 13.0. The lowest BCUT2D eigenvalue weighted by Gasteiger charge is -2.31. The van der Waals surface area contributed by atoms with Crippen LogP contribution in [0.3, 0.4) is 0 Å². The highest BCUT2D eigenvalue weighted by molar-refractivity contribution is 5.68. The molecule has 2 rings (SSSR count). The number of carbonyl (C=O) groups is 1. The summed E-state index contributed by atoms with van der Waals surface area (Å²) in [7, 11) is 0. The minimum atomic E-state index is -0.735. The van der Waals surface area contributed by atoms with Gasteiger partial charge in [0.05, 0.1) is 12.5 Å². The number of anilines is 1. The van der Waals surface area contributed by atoms with Crippen molar-refractivity contribution in [3.63, 3.8) is 0 Å². The summed E-state index contributed by atoms with van der Waals surface area (Å²) >= 11 is 0. The molecule has 1 heterocycles. The summed E-state index contributed by atoms with van der Waals surface area (Å²) < 4.78 is 0. The van der Waals surface area contributed by atoms with Crippen LogP contribution in [-0.2, 0) is 4.79 Å². The summed E-state index contributed by atoms with van der Waals surface area (Å²) in [6.45, 7) is 4.66. The summed E-state index contributed by atoms with van der Waals surface area (Å²) in [5.74, 6) is -0.735. The van der Waals surface area contributed by atoms with Gasteiger partial charge in [-0.25, -0.2) is 0 Å². The van der Waals surface area contributed by atoms with Gasteiger partial charge in [-0.15, -0.1) is 0 Å². The SMILES string of the molecule is Cc1ccc(N2CCCNCC2CC(=O)O)cc1. The van der Waals surface area contributed by atoms with Crippen molar-refractivity contribution in [2.45, 2.75) is 25.8 Å². The van der Waals surface area contributed by atoms with Crippen LogP contribution in [0.5, 0.6) is 0 Å². The molecule has 0 spiro atoms. The molecule has 1 aromatic rings. The van der Waals surface area contributed by atoms with Gasteiger partial charge in [-0.3, -0.25) is 4.79 Å². The van der Waals surface area contributed by atoms with Crippen LogP contribution in [0.1, 0.15) is 18.4 Å². The van der Waals surface area contributed by atoms with E-state index in [0.29, 0.717) is 0 Å². The van der Waals surface area contributed by atoms with E-state index < -0.39 is 5.97 Å². The Balaban J connectivity index is 2.19. The van der Waals surface area contributed by atoms with E-state index in [1.807, 2.05) is 0 Å². The fourth-order valence-electron chi connectivity index (χ4n) is 2.40. The lowest BCUT2D eigenvalue weighted by atomic mass is 10.1. The maximum atomic E-state index is 11.0. The summed E-state index contributed by atoms with van der Waals surface area (Å²) in [6, 6.07) is 8.34. The molecule has 1 atom stereocenters. The third-order valence-electron chi connectivity index (χ3n) is 3.35. The van der Waals surface area contributed by atoms with Crippen molar-refractivity contribution in [3.8, 4) is 0 Å². The van der Waals surface area contributed by atoms with Crippen LogP contribution in [0.4, 0.5) is 5.69 Å². The van der Waals surface area contributed by atoms with E-state index in [2.05, 4.69) is 41.4 Å². The highest BCUT2D eigenvalue weighted by Crippen LogP contribution is 2.20. The van der Waals surface area contributed by atoms with E-state index in [1.165, 1.54) is 5.56 Å². The summed E-state index contributed by atoms with van der Waals surface area (Å²) in [5.41, 5.74) is 2.34. The number of carboxylic acid groups (broad SMARTS) is 1. The minimum Gasteiger partial charge on any atom is -0.481 e. The molecular weight excluding hydrogens is 228 g/mol. The lowest BCUT2D eigenvalue weighted by Crippen LogP contribution is -2.41. The Kier molecular flexibility index (Phi) is 4.20. The number of hydrogen-bond donors (Lipinski definition) is 2. The van der Waals surface area contributed by atoms with Gasteiger partial charge in [0, 0.05) is 18.8 Å². The Morgan fingerprint density at radius 1 is 1.44 bits per heavy atom. The van der Waals surface area contributed by atoms with E-state index in [1.54, 1.807) is 0 Å². The highest BCUT2D eigenvalue weighted by atomic mass is 16.4. The molecule has 0 aromatic heterocycles. The molecule has 1 aliphatic heterocycles. The van der Waals surface area contributed by atoms with Gasteiger partial charge in [-0.05, 0) is 32.0 Å². The normalized spacial score (nSPS) is 20.5. The molecule has 1 fully saturated rings. The van der Waals surface area contributed by atoms with Crippen molar-refractivity contribution in [2.24, 2.45) is 0 Å². The van der Waals surface area contributed by atoms with Gasteiger partial charge in [-0.2, -0.15) is 0 Å². The molecule has 98 valence electrons. The first kappa shape index (κ1) is 12.9. The van der Waals surface area contributed by atoms with E-state index in [9.17, 15) is 4.79 Å². The molecule has 2 N–H and O–H groups in total. The number of benzene rings is 1. The number of rotatable bonds is 3. The molecule has 4 heteroatoms. The van der Waals surface area contributed by atoms with Crippen molar-refractivity contribution in [1.82, 2.24) is 5.32 Å². The van der Waals surface area contributed by atoms with Crippen molar-refractivity contribution < 1.29 is 9.90 Å². The average Bonchev–Trinajstić information content (AvgIpc) is 2.55. The molecule has 0 aliphatic carbocycles. The molecule has 1 aromatic carbocycles. The molecule has 0 saturated carbocycles. The molecule has 1 unspecified atom stereocenters. The number of aliphatic carboxylic acids is 1. The molecule has 18 heavy (non-hydrogen) atoms. The zero-order valence-corrected chi connectivity index (χ0v) is 10.7. The van der Waals surface area contributed by atoms with Crippen molar-refractivity contribution in [3.05, 3.63) is 29.8 Å². The van der Waals surface area contributed by atoms with Crippen LogP contribution < -0.4 is 10.2 Å². The fourth-order valence-corrected chi connectivity index (χ4v) is 2.40. The van der Waals surface area contributed by atoms with E-state index >= 15 is 0 Å². The Labute approximate surface area is 108 Å². The molecule has 1 saturated heterocycles. The van der Waals surface area contributed by atoms with Gasteiger partial charge in [0.1, 0.15) is 0 Å². The smallest absolute Gasteiger partial charge is 0.305 e. The van der Waals surface area contributed by atoms with Crippen LogP contribution in [0.25, 0.3) is 0 Å². The molecular formula is C14H20N2O2. The summed E-state index contributed by atoms with van der Waals surface area (Å²) in [6.07, 6.45) is 1.23. The maximum Gasteiger partial charge on any atom is 0.305 e. The molecule has 0 bridgehead atoms. The standard InChI is InChI=1S/C14H20N2O2/c1-11-3-5-12(6-4-11)16-8-2-7-15-10-13(16)9-14(17)18/h3-6,13,15H,2,7-10H2,1H3,(H,17,18). The van der Waals surface area contributed by atoms with Crippen LogP contribution in [0.15, 0.2) is 24.3 Å². The van der Waals surface area contributed by atoms with E-state index in [-0.39, 0.29) is 12.5 Å². The first-order valence-electron chi connectivity index (χ1n) is 6.42. The topological polar surface area (TPSA) is 52.6 Å². The second-order valence-corrected chi connectivity index (χ2v) is 4.84. The number of carboxylic acids is 1. The largest absolute Gasteiger partial charge is 0.481 e. The average molecular weight is 248 g/mol. The predicted octanol–water partition coefficient (Wildman–Crippen LogP) is 1.64. The van der Waals surface area contributed by atoms with Gasteiger partial charge < -0.3 is 15.3 Å². The number of nitrogens with one attached hydrogen (secondary N) is 1. The number of aryl methyl sites for hydroxylation is 1. The summed E-state index contributed by atoms with van der Waals surface area (Å²) in [4.78, 5) is 13.2. The zero-order valence-electron chi connectivity index (χ0n) is 10.7. The fraction of sp³-hybridized carbons (Fsp3) is 0.500. The summed E-state index contributed by atoms with van der Waals surface area (Å²) in [5, 5.41) is 12.3. The van der Waals surface area contributed by atoms with Gasteiger partial charge in [-0.1, -0.05) is 17.7 Å². The Morgan fingerprint density at radius 3 is 2.83 bits per heavy atom. The monoisotopic (exact) mass is 248 g/mol. The molecule has 0 amide bonds. The van der Waals surface area contributed by atoms with Crippen molar-refractivity contribution in [1.29, 1.82) is 0 Å². The Hall–Kier alpha value is -1.55. The van der Waals surface area contributed by atoms with Crippen LogP contribution in [0.2, 0.25) is 0 Å². The predicted molar refractivity (Wildman–Crippen MR) is 72.1 cm³/mol. The highest BCUT2D eigenvalue weighted by Gasteiger charge is 2.23. The van der Waals surface area contributed by atoms with Crippen molar-refractivity contribution >= 4 is 11.7 Å². The van der Waals surface area contributed by atoms with Gasteiger partial charge in [0.15, 0.2) is 0 Å². The van der Waals surface area contributed by atoms with Crippen LogP contribution >= 0.6 is 0 Å². The first-order valence-corrected chi connectivity index (χ1v) is 6.42. The van der Waals surface area contributed by atoms with Crippen molar-refractivity contribution in [2.75, 3.05) is 24.5 Å². The minimum absolute atomic E-state index is 0.0349. The quantitative estimate of drug-likeness (QED) is 0.854. The second kappa shape index (κ2) is 5.87. The Morgan fingerprint density at radius 2 is 2.17 bits per heavy atom. The van der Waals surface area contributed by atoms with Gasteiger partial charge in [0.25, 0.3) is 0 Å². The van der Waals surface area contributed by atoms with E-state index in [4.69, 9.17) is 5.11 Å². The third-order valence-corrected chi connectivity index (χ3v) is 3.35. The van der Waals surface area contributed by atoms with Gasteiger partial charge >= 0.3 is 5.97 Å². The second-order valence-electron chi connectivity index (χ2n) is 4.84. The van der Waals surface area contributed by atoms with Gasteiger partial charge in [0.2, 0.25) is 0 Å². The Bertz CT molecular complexity index is 403. The number of nitrogens with zero attached hydrogens (tertiary/aromatic N) is 1. The van der Waals surface area contributed by atoms with Crippen LogP contribution in [0, 0.1) is 6.92 Å².